The maximum absolute atomic E-state index is 13.6. The second kappa shape index (κ2) is 16.7. The molecule has 2 aliphatic heterocycles. The Bertz CT molecular complexity index is 1950. The largest absolute Gasteiger partial charge is 0.465 e. The van der Waals surface area contributed by atoms with Gasteiger partial charge in [-0.05, 0) is 99.3 Å². The van der Waals surface area contributed by atoms with Crippen LogP contribution in [0.2, 0.25) is 0 Å². The van der Waals surface area contributed by atoms with Crippen molar-refractivity contribution in [2.24, 2.45) is 11.8 Å². The van der Waals surface area contributed by atoms with Crippen molar-refractivity contribution in [1.29, 1.82) is 0 Å². The molecular weight excluding hydrogens is 737 g/mol. The van der Waals surface area contributed by atoms with E-state index in [1.54, 1.807) is 14.1 Å². The van der Waals surface area contributed by atoms with E-state index >= 15 is 0 Å². The van der Waals surface area contributed by atoms with E-state index in [0.29, 0.717) is 64.5 Å². The quantitative estimate of drug-likeness (QED) is 0.133. The monoisotopic (exact) mass is 790 g/mol. The minimum absolute atomic E-state index is 0.0281. The van der Waals surface area contributed by atoms with Crippen molar-refractivity contribution in [2.75, 3.05) is 27.2 Å². The number of rotatable bonds is 9. The Balaban J connectivity index is 0.867. The molecule has 4 amide bonds. The predicted octanol–water partition coefficient (Wildman–Crippen LogP) is 7.80. The minimum atomic E-state index is -0.919. The van der Waals surface area contributed by atoms with Crippen LogP contribution in [-0.2, 0) is 9.59 Å². The maximum Gasteiger partial charge on any atom is 0.407 e. The van der Waals surface area contributed by atoms with E-state index in [1.807, 2.05) is 22.2 Å². The molecule has 2 saturated carbocycles. The predicted molar refractivity (Wildman–Crippen MR) is 217 cm³/mol. The summed E-state index contributed by atoms with van der Waals surface area (Å²) < 4.78 is 0. The average Bonchev–Trinajstić information content (AvgIpc) is 4.10. The summed E-state index contributed by atoms with van der Waals surface area (Å²) in [6.07, 6.45) is 11.1. The van der Waals surface area contributed by atoms with Gasteiger partial charge in [-0.1, -0.05) is 48.5 Å². The third kappa shape index (κ3) is 7.93. The number of aromatic amines is 2. The van der Waals surface area contributed by atoms with Gasteiger partial charge in [0.15, 0.2) is 0 Å². The van der Waals surface area contributed by atoms with E-state index in [1.165, 1.54) is 9.80 Å². The number of imidazole rings is 2. The molecule has 4 N–H and O–H groups in total. The summed E-state index contributed by atoms with van der Waals surface area (Å²) in [6, 6.07) is 16.5. The summed E-state index contributed by atoms with van der Waals surface area (Å²) >= 11 is 0. The maximum atomic E-state index is 13.6. The number of amides is 4. The SMILES string of the molecule is CN(C(=O)O)[C@H]1CC[C@H](C(=O)N2CCC[C@H]2c2ncc(-c3ccc(-c4ccc(-c5cnc([C@@H]6CCCN6C(=O)[C@H]6CC[C@H](N(C)C(=O)O)CC6)[nH]5)cc4)cc3)[nH]2)CC1. The Morgan fingerprint density at radius 1 is 0.552 bits per heavy atom. The molecule has 4 aromatic rings. The Kier molecular flexibility index (Phi) is 11.3. The van der Waals surface area contributed by atoms with Gasteiger partial charge >= 0.3 is 12.2 Å². The van der Waals surface area contributed by atoms with E-state index in [0.717, 1.165) is 71.0 Å². The molecule has 0 bridgehead atoms. The Morgan fingerprint density at radius 2 is 0.897 bits per heavy atom. The molecule has 0 unspecified atom stereocenters. The van der Waals surface area contributed by atoms with E-state index in [4.69, 9.17) is 9.97 Å². The lowest BCUT2D eigenvalue weighted by Crippen LogP contribution is -2.42. The van der Waals surface area contributed by atoms with E-state index in [9.17, 15) is 29.4 Å². The highest BCUT2D eigenvalue weighted by molar-refractivity contribution is 5.80. The van der Waals surface area contributed by atoms with Gasteiger partial charge in [0, 0.05) is 51.1 Å². The van der Waals surface area contributed by atoms with E-state index < -0.39 is 12.2 Å². The number of nitrogens with zero attached hydrogens (tertiary/aromatic N) is 6. The molecular formula is C44H54N8O6. The molecule has 4 heterocycles. The molecule has 0 spiro atoms. The van der Waals surface area contributed by atoms with Crippen LogP contribution in [-0.4, -0.2) is 113 Å². The summed E-state index contributed by atoms with van der Waals surface area (Å²) in [5, 5.41) is 18.7. The first-order valence-corrected chi connectivity index (χ1v) is 20.9. The lowest BCUT2D eigenvalue weighted by atomic mass is 9.84. The third-order valence-corrected chi connectivity index (χ3v) is 13.4. The summed E-state index contributed by atoms with van der Waals surface area (Å²) in [4.78, 5) is 73.3. The Labute approximate surface area is 338 Å². The van der Waals surface area contributed by atoms with E-state index in [-0.39, 0.29) is 47.8 Å². The highest BCUT2D eigenvalue weighted by Crippen LogP contribution is 2.38. The summed E-state index contributed by atoms with van der Waals surface area (Å²) in [5.74, 6) is 1.77. The first-order valence-electron chi connectivity index (χ1n) is 20.9. The molecule has 2 aromatic heterocycles. The van der Waals surface area contributed by atoms with Crippen molar-refractivity contribution in [3.05, 3.63) is 72.6 Å². The van der Waals surface area contributed by atoms with Crippen molar-refractivity contribution in [3.63, 3.8) is 0 Å². The third-order valence-electron chi connectivity index (χ3n) is 13.4. The highest BCUT2D eigenvalue weighted by atomic mass is 16.4. The van der Waals surface area contributed by atoms with Gasteiger partial charge in [0.25, 0.3) is 0 Å². The fraction of sp³-hybridized carbons (Fsp3) is 0.500. The van der Waals surface area contributed by atoms with Crippen LogP contribution in [0.5, 0.6) is 0 Å². The molecule has 14 heteroatoms. The van der Waals surface area contributed by atoms with Crippen molar-refractivity contribution < 1.29 is 29.4 Å². The van der Waals surface area contributed by atoms with Gasteiger partial charge in [0.1, 0.15) is 11.6 Å². The van der Waals surface area contributed by atoms with Gasteiger partial charge in [-0.15, -0.1) is 0 Å². The van der Waals surface area contributed by atoms with Crippen LogP contribution in [0.1, 0.15) is 101 Å². The molecule has 58 heavy (non-hydrogen) atoms. The lowest BCUT2D eigenvalue weighted by Gasteiger charge is -2.35. The van der Waals surface area contributed by atoms with Gasteiger partial charge in [-0.2, -0.15) is 0 Å². The molecule has 2 aromatic carbocycles. The molecule has 8 rings (SSSR count). The lowest BCUT2D eigenvalue weighted by molar-refractivity contribution is -0.138. The standard InChI is InChI=1S/C44H54N8O6/c1-49(43(55)56)33-19-15-31(16-20-33)41(53)51-23-3-5-37(51)39-45-25-35(47-39)29-11-7-27(8-12-29)28-9-13-30(14-10-28)36-26-46-40(48-36)38-6-4-24-52(38)42(54)32-17-21-34(22-18-32)50(2)44(57)58/h7-14,25-26,31-34,37-38H,3-6,15-24H2,1-2H3,(H,45,47)(H,46,48)(H,55,56)(H,57,58)/t31-,32-,33-,34-,37-,38-/m0/s1. The van der Waals surface area contributed by atoms with Crippen molar-refractivity contribution in [3.8, 4) is 33.6 Å². The normalized spacial score (nSPS) is 24.8. The number of carbonyl (C=O) groups is 4. The first kappa shape index (κ1) is 39.2. The zero-order valence-electron chi connectivity index (χ0n) is 33.3. The number of H-pyrrole nitrogens is 2. The molecule has 4 fully saturated rings. The average molecular weight is 791 g/mol. The fourth-order valence-electron chi connectivity index (χ4n) is 9.82. The van der Waals surface area contributed by atoms with Gasteiger partial charge in [-0.25, -0.2) is 19.6 Å². The number of likely N-dealkylation sites (tertiary alicyclic amines) is 2. The molecule has 4 aliphatic rings. The zero-order chi connectivity index (χ0) is 40.5. The van der Waals surface area contributed by atoms with Crippen LogP contribution in [0.3, 0.4) is 0 Å². The second-order valence-corrected chi connectivity index (χ2v) is 16.7. The van der Waals surface area contributed by atoms with Gasteiger partial charge in [-0.3, -0.25) is 9.59 Å². The van der Waals surface area contributed by atoms with Crippen molar-refractivity contribution in [2.45, 2.75) is 101 Å². The highest BCUT2D eigenvalue weighted by Gasteiger charge is 2.39. The molecule has 2 saturated heterocycles. The Hall–Kier alpha value is -5.66. The summed E-state index contributed by atoms with van der Waals surface area (Å²) in [5.41, 5.74) is 6.00. The van der Waals surface area contributed by atoms with Crippen molar-refractivity contribution >= 4 is 24.0 Å². The molecule has 306 valence electrons. The molecule has 14 nitrogen and oxygen atoms in total. The van der Waals surface area contributed by atoms with Crippen LogP contribution in [0.4, 0.5) is 9.59 Å². The van der Waals surface area contributed by atoms with Crippen LogP contribution in [0.15, 0.2) is 60.9 Å². The van der Waals surface area contributed by atoms with Crippen LogP contribution in [0, 0.1) is 11.8 Å². The number of carbonyl (C=O) groups excluding carboxylic acids is 2. The smallest absolute Gasteiger partial charge is 0.407 e. The minimum Gasteiger partial charge on any atom is -0.465 e. The van der Waals surface area contributed by atoms with E-state index in [2.05, 4.69) is 58.5 Å². The summed E-state index contributed by atoms with van der Waals surface area (Å²) in [7, 11) is 3.23. The van der Waals surface area contributed by atoms with Gasteiger partial charge in [0.2, 0.25) is 11.8 Å². The summed E-state index contributed by atoms with van der Waals surface area (Å²) in [6.45, 7) is 1.42. The molecule has 2 aliphatic carbocycles. The fourth-order valence-corrected chi connectivity index (χ4v) is 9.82. The van der Waals surface area contributed by atoms with Crippen molar-refractivity contribution in [1.82, 2.24) is 39.5 Å². The number of benzene rings is 2. The van der Waals surface area contributed by atoms with Gasteiger partial charge < -0.3 is 39.8 Å². The number of nitrogens with one attached hydrogen (secondary N) is 2. The van der Waals surface area contributed by atoms with Gasteiger partial charge in [0.05, 0.1) is 35.9 Å². The number of aromatic nitrogens is 4. The Morgan fingerprint density at radius 3 is 1.24 bits per heavy atom. The topological polar surface area (TPSA) is 179 Å². The number of hydrogen-bond acceptors (Lipinski definition) is 6. The molecule has 2 atom stereocenters. The van der Waals surface area contributed by atoms with Crippen LogP contribution >= 0.6 is 0 Å². The zero-order valence-corrected chi connectivity index (χ0v) is 33.3. The molecule has 0 radical (unpaired) electrons. The number of hydrogen-bond donors (Lipinski definition) is 4. The number of carboxylic acid groups (broad SMARTS) is 2. The van der Waals surface area contributed by atoms with Crippen LogP contribution in [0.25, 0.3) is 33.6 Å². The second-order valence-electron chi connectivity index (χ2n) is 16.7. The first-order chi connectivity index (χ1) is 28.0. The van der Waals surface area contributed by atoms with Crippen LogP contribution < -0.4 is 0 Å².